The number of nitrogens with one attached hydrogen (secondary N) is 2. The minimum absolute atomic E-state index is 0.0435. The minimum Gasteiger partial charge on any atom is -0.325 e. The van der Waals surface area contributed by atoms with Crippen LogP contribution in [0.1, 0.15) is 46.1 Å². The number of nitrogens with zero attached hydrogens (tertiary/aromatic N) is 4. The zero-order valence-electron chi connectivity index (χ0n) is 17.3. The van der Waals surface area contributed by atoms with Gasteiger partial charge in [0.05, 0.1) is 6.04 Å². The van der Waals surface area contributed by atoms with Crippen LogP contribution in [0.5, 0.6) is 0 Å². The van der Waals surface area contributed by atoms with Crippen LogP contribution in [0.2, 0.25) is 0 Å². The van der Waals surface area contributed by atoms with Crippen molar-refractivity contribution in [3.8, 4) is 0 Å². The summed E-state index contributed by atoms with van der Waals surface area (Å²) in [4.78, 5) is 31.3. The third-order valence-electron chi connectivity index (χ3n) is 5.15. The molecule has 0 bridgehead atoms. The van der Waals surface area contributed by atoms with E-state index >= 15 is 0 Å². The lowest BCUT2D eigenvalue weighted by molar-refractivity contribution is -0.122. The monoisotopic (exact) mass is 398 g/mol. The van der Waals surface area contributed by atoms with Crippen molar-refractivity contribution in [1.29, 1.82) is 0 Å². The Labute approximate surface area is 171 Å². The number of benzene rings is 1. The summed E-state index contributed by atoms with van der Waals surface area (Å²) in [6, 6.07) is 6.65. The quantitative estimate of drug-likeness (QED) is 0.748. The topological polar surface area (TPSA) is 92.2 Å². The van der Waals surface area contributed by atoms with Crippen LogP contribution in [0.15, 0.2) is 36.9 Å². The van der Waals surface area contributed by atoms with E-state index in [1.807, 2.05) is 12.1 Å². The molecule has 156 valence electrons. The molecule has 2 heterocycles. The van der Waals surface area contributed by atoms with Crippen LogP contribution < -0.4 is 10.6 Å². The van der Waals surface area contributed by atoms with E-state index in [1.54, 1.807) is 19.1 Å². The average molecular weight is 399 g/mol. The first-order chi connectivity index (χ1) is 13.9. The summed E-state index contributed by atoms with van der Waals surface area (Å²) in [5, 5.41) is 9.87. The molecule has 3 rings (SSSR count). The molecule has 1 saturated heterocycles. The summed E-state index contributed by atoms with van der Waals surface area (Å²) in [5.41, 5.74) is 1.39. The van der Waals surface area contributed by atoms with Crippen molar-refractivity contribution in [1.82, 2.24) is 19.7 Å². The lowest BCUT2D eigenvalue weighted by Gasteiger charge is -2.35. The van der Waals surface area contributed by atoms with E-state index in [9.17, 15) is 9.59 Å². The fourth-order valence-corrected chi connectivity index (χ4v) is 3.62. The molecule has 0 saturated carbocycles. The summed E-state index contributed by atoms with van der Waals surface area (Å²) in [6.07, 6.45) is 6.04. The van der Waals surface area contributed by atoms with Crippen LogP contribution >= 0.6 is 0 Å². The largest absolute Gasteiger partial charge is 0.325 e. The van der Waals surface area contributed by atoms with Crippen molar-refractivity contribution in [2.75, 3.05) is 23.7 Å². The number of aromatic nitrogens is 3. The zero-order chi connectivity index (χ0) is 20.8. The van der Waals surface area contributed by atoms with E-state index in [0.717, 1.165) is 38.0 Å². The van der Waals surface area contributed by atoms with Crippen LogP contribution in [0.25, 0.3) is 0 Å². The number of likely N-dealkylation sites (tertiary alicyclic amines) is 1. The number of amides is 2. The molecule has 1 aromatic carbocycles. The first kappa shape index (κ1) is 21.0. The van der Waals surface area contributed by atoms with E-state index in [4.69, 9.17) is 0 Å². The van der Waals surface area contributed by atoms with Gasteiger partial charge >= 0.3 is 0 Å². The zero-order valence-corrected chi connectivity index (χ0v) is 17.3. The van der Waals surface area contributed by atoms with Crippen molar-refractivity contribution in [3.05, 3.63) is 36.9 Å². The Bertz CT molecular complexity index is 803. The van der Waals surface area contributed by atoms with Gasteiger partial charge in [0.15, 0.2) is 0 Å². The number of rotatable bonds is 7. The second-order valence-corrected chi connectivity index (χ2v) is 8.01. The molecule has 1 aromatic heterocycles. The summed E-state index contributed by atoms with van der Waals surface area (Å²) in [6.45, 7) is 8.03. The summed E-state index contributed by atoms with van der Waals surface area (Å²) >= 11 is 0. The number of anilines is 2. The van der Waals surface area contributed by atoms with Gasteiger partial charge in [0.1, 0.15) is 18.7 Å². The molecule has 29 heavy (non-hydrogen) atoms. The maximum Gasteiger partial charge on any atom is 0.249 e. The van der Waals surface area contributed by atoms with E-state index in [2.05, 4.69) is 39.5 Å². The normalized spacial score (nSPS) is 18.4. The highest BCUT2D eigenvalue weighted by Gasteiger charge is 2.28. The lowest BCUT2D eigenvalue weighted by atomic mass is 9.99. The molecular weight excluding hydrogens is 368 g/mol. The Balaban J connectivity index is 1.57. The molecule has 2 aromatic rings. The highest BCUT2D eigenvalue weighted by Crippen LogP contribution is 2.21. The SMILES string of the molecule is CC(C)CN1CCCC[C@@H]1C(=O)Nc1ccc(NC(=O)[C@@H](C)n2cncn2)cc1. The molecule has 0 aliphatic carbocycles. The van der Waals surface area contributed by atoms with Gasteiger partial charge in [-0.2, -0.15) is 5.10 Å². The van der Waals surface area contributed by atoms with Gasteiger partial charge in [-0.05, 0) is 56.5 Å². The fraction of sp³-hybridized carbons (Fsp3) is 0.524. The average Bonchev–Trinajstić information content (AvgIpc) is 3.23. The first-order valence-corrected chi connectivity index (χ1v) is 10.2. The highest BCUT2D eigenvalue weighted by molar-refractivity contribution is 5.96. The van der Waals surface area contributed by atoms with Crippen LogP contribution in [0.4, 0.5) is 11.4 Å². The molecule has 8 heteroatoms. The maximum absolute atomic E-state index is 12.8. The maximum atomic E-state index is 12.8. The predicted octanol–water partition coefficient (Wildman–Crippen LogP) is 2.93. The molecule has 0 unspecified atom stereocenters. The number of piperidine rings is 1. The van der Waals surface area contributed by atoms with Crippen molar-refractivity contribution < 1.29 is 9.59 Å². The van der Waals surface area contributed by atoms with E-state index in [-0.39, 0.29) is 17.9 Å². The molecule has 2 atom stereocenters. The second-order valence-electron chi connectivity index (χ2n) is 8.01. The summed E-state index contributed by atoms with van der Waals surface area (Å²) in [7, 11) is 0. The molecule has 0 spiro atoms. The fourth-order valence-electron chi connectivity index (χ4n) is 3.62. The molecule has 1 aliphatic rings. The molecule has 2 amide bonds. The van der Waals surface area contributed by atoms with E-state index in [1.165, 1.54) is 17.3 Å². The van der Waals surface area contributed by atoms with Crippen LogP contribution in [-0.4, -0.2) is 50.6 Å². The smallest absolute Gasteiger partial charge is 0.249 e. The van der Waals surface area contributed by atoms with Crippen molar-refractivity contribution >= 4 is 23.2 Å². The molecule has 1 aliphatic heterocycles. The molecule has 2 N–H and O–H groups in total. The Morgan fingerprint density at radius 1 is 1.10 bits per heavy atom. The molecule has 8 nitrogen and oxygen atoms in total. The number of carbonyl (C=O) groups excluding carboxylic acids is 2. The van der Waals surface area contributed by atoms with E-state index < -0.39 is 6.04 Å². The molecule has 0 radical (unpaired) electrons. The Morgan fingerprint density at radius 3 is 2.41 bits per heavy atom. The highest BCUT2D eigenvalue weighted by atomic mass is 16.2. The van der Waals surface area contributed by atoms with Crippen molar-refractivity contribution in [2.45, 2.75) is 52.1 Å². The van der Waals surface area contributed by atoms with Gasteiger partial charge in [0.2, 0.25) is 11.8 Å². The second kappa shape index (κ2) is 9.65. The van der Waals surface area contributed by atoms with Crippen LogP contribution in [0, 0.1) is 5.92 Å². The summed E-state index contributed by atoms with van der Waals surface area (Å²) in [5.74, 6) is 0.395. The third-order valence-corrected chi connectivity index (χ3v) is 5.15. The van der Waals surface area contributed by atoms with Crippen molar-refractivity contribution in [3.63, 3.8) is 0 Å². The number of hydrogen-bond donors (Lipinski definition) is 2. The molecule has 1 fully saturated rings. The van der Waals surface area contributed by atoms with Gasteiger partial charge in [-0.15, -0.1) is 0 Å². The van der Waals surface area contributed by atoms with Gasteiger partial charge in [-0.1, -0.05) is 20.3 Å². The predicted molar refractivity (Wildman–Crippen MR) is 112 cm³/mol. The number of carbonyl (C=O) groups is 2. The number of hydrogen-bond acceptors (Lipinski definition) is 5. The van der Waals surface area contributed by atoms with Gasteiger partial charge in [0, 0.05) is 17.9 Å². The Morgan fingerprint density at radius 2 is 1.79 bits per heavy atom. The third kappa shape index (κ3) is 5.63. The summed E-state index contributed by atoms with van der Waals surface area (Å²) < 4.78 is 1.50. The Kier molecular flexibility index (Phi) is 6.98. The van der Waals surface area contributed by atoms with Gasteiger partial charge in [-0.3, -0.25) is 14.5 Å². The molecular formula is C21H30N6O2. The van der Waals surface area contributed by atoms with Crippen LogP contribution in [0.3, 0.4) is 0 Å². The van der Waals surface area contributed by atoms with Gasteiger partial charge < -0.3 is 10.6 Å². The standard InChI is InChI=1S/C21H30N6O2/c1-15(2)12-26-11-5-4-6-19(26)21(29)25-18-9-7-17(8-10-18)24-20(28)16(3)27-14-22-13-23-27/h7-10,13-16,19H,4-6,11-12H2,1-3H3,(H,24,28)(H,25,29)/t16-,19-/m1/s1. The van der Waals surface area contributed by atoms with Crippen LogP contribution in [-0.2, 0) is 9.59 Å². The van der Waals surface area contributed by atoms with Gasteiger partial charge in [-0.25, -0.2) is 9.67 Å². The van der Waals surface area contributed by atoms with Gasteiger partial charge in [0.25, 0.3) is 0 Å². The first-order valence-electron chi connectivity index (χ1n) is 10.2. The Hall–Kier alpha value is -2.74. The minimum atomic E-state index is -0.463. The van der Waals surface area contributed by atoms with Crippen molar-refractivity contribution in [2.24, 2.45) is 5.92 Å². The lowest BCUT2D eigenvalue weighted by Crippen LogP contribution is -2.48. The van der Waals surface area contributed by atoms with E-state index in [0.29, 0.717) is 11.6 Å².